The van der Waals surface area contributed by atoms with Crippen molar-refractivity contribution >= 4 is 40.5 Å². The molecule has 1 aliphatic carbocycles. The number of pyridine rings is 1. The number of nitrogens with zero attached hydrogens (tertiary/aromatic N) is 4. The Morgan fingerprint density at radius 3 is 2.76 bits per heavy atom. The van der Waals surface area contributed by atoms with Crippen LogP contribution < -0.4 is 20.5 Å². The number of anilines is 2. The van der Waals surface area contributed by atoms with Gasteiger partial charge >= 0.3 is 6.09 Å². The highest BCUT2D eigenvalue weighted by atomic mass is 35.5. The Morgan fingerprint density at radius 1 is 1.26 bits per heavy atom. The highest BCUT2D eigenvalue weighted by Gasteiger charge is 2.37. The molecule has 1 saturated carbocycles. The van der Waals surface area contributed by atoms with Crippen LogP contribution in [0.4, 0.5) is 16.7 Å². The molecule has 0 bridgehead atoms. The van der Waals surface area contributed by atoms with Crippen molar-refractivity contribution in [2.24, 2.45) is 0 Å². The summed E-state index contributed by atoms with van der Waals surface area (Å²) < 4.78 is 10.4. The molecule has 178 valence electrons. The van der Waals surface area contributed by atoms with E-state index in [1.165, 1.54) is 12.0 Å². The van der Waals surface area contributed by atoms with Crippen molar-refractivity contribution in [2.45, 2.75) is 51.1 Å². The third kappa shape index (κ3) is 4.13. The van der Waals surface area contributed by atoms with Crippen LogP contribution in [0.5, 0.6) is 5.75 Å². The molecule has 1 amide bonds. The van der Waals surface area contributed by atoms with Crippen LogP contribution in [-0.4, -0.2) is 45.8 Å². The van der Waals surface area contributed by atoms with Gasteiger partial charge in [-0.05, 0) is 38.3 Å². The standard InChI is InChI=1S/C23H25ClN6O4/c1-4-14-10-34-23(32)30(14)22-28-19(12-5-6-12)27-21(29-22)25-11(2)15-7-13-8-16(24)18(33-3)9-17(13)26-20(15)31/h7-9,11-12,14H,4-6,10H2,1-3H3,(H,26,31)(H,25,27,28,29)/t11-,14-/m0/s1. The summed E-state index contributed by atoms with van der Waals surface area (Å²) >= 11 is 6.27. The monoisotopic (exact) mass is 484 g/mol. The molecule has 34 heavy (non-hydrogen) atoms. The molecule has 2 N–H and O–H groups in total. The van der Waals surface area contributed by atoms with E-state index < -0.39 is 12.1 Å². The molecule has 2 aromatic heterocycles. The smallest absolute Gasteiger partial charge is 0.417 e. The van der Waals surface area contributed by atoms with Crippen molar-refractivity contribution < 1.29 is 14.3 Å². The first kappa shape index (κ1) is 22.4. The third-order valence-corrected chi connectivity index (χ3v) is 6.48. The minimum Gasteiger partial charge on any atom is -0.495 e. The number of nitrogens with one attached hydrogen (secondary N) is 2. The lowest BCUT2D eigenvalue weighted by molar-refractivity contribution is 0.178. The maximum absolute atomic E-state index is 12.8. The van der Waals surface area contributed by atoms with Gasteiger partial charge in [-0.25, -0.2) is 9.69 Å². The number of aromatic nitrogens is 4. The Morgan fingerprint density at radius 2 is 2.06 bits per heavy atom. The zero-order chi connectivity index (χ0) is 24.0. The van der Waals surface area contributed by atoms with Gasteiger partial charge in [-0.1, -0.05) is 18.5 Å². The summed E-state index contributed by atoms with van der Waals surface area (Å²) in [4.78, 5) is 43.2. The number of methoxy groups -OCH3 is 1. The second-order valence-electron chi connectivity index (χ2n) is 8.59. The van der Waals surface area contributed by atoms with Crippen molar-refractivity contribution in [3.8, 4) is 5.75 Å². The number of fused-ring (bicyclic) bond motifs is 1. The van der Waals surface area contributed by atoms with E-state index in [0.29, 0.717) is 40.2 Å². The summed E-state index contributed by atoms with van der Waals surface area (Å²) in [5, 5.41) is 4.44. The number of carbonyl (C=O) groups excluding carboxylic acids is 1. The summed E-state index contributed by atoms with van der Waals surface area (Å²) in [6, 6.07) is 4.67. The number of ether oxygens (including phenoxy) is 2. The first-order valence-electron chi connectivity index (χ1n) is 11.3. The van der Waals surface area contributed by atoms with Crippen LogP contribution in [0, 0.1) is 0 Å². The fraction of sp³-hybridized carbons (Fsp3) is 0.435. The molecule has 2 atom stereocenters. The number of halogens is 1. The van der Waals surface area contributed by atoms with Gasteiger partial charge in [-0.3, -0.25) is 4.79 Å². The van der Waals surface area contributed by atoms with Crippen molar-refractivity contribution in [3.05, 3.63) is 45.0 Å². The Bertz CT molecular complexity index is 1320. The van der Waals surface area contributed by atoms with E-state index in [2.05, 4.69) is 25.3 Å². The second-order valence-corrected chi connectivity index (χ2v) is 9.00. The van der Waals surface area contributed by atoms with E-state index in [4.69, 9.17) is 21.1 Å². The van der Waals surface area contributed by atoms with E-state index in [-0.39, 0.29) is 23.5 Å². The summed E-state index contributed by atoms with van der Waals surface area (Å²) in [5.74, 6) is 1.95. The Balaban J connectivity index is 1.48. The predicted octanol–water partition coefficient (Wildman–Crippen LogP) is 4.16. The van der Waals surface area contributed by atoms with Crippen LogP contribution in [0.15, 0.2) is 23.0 Å². The summed E-state index contributed by atoms with van der Waals surface area (Å²) in [6.07, 6.45) is 2.25. The molecular weight excluding hydrogens is 460 g/mol. The summed E-state index contributed by atoms with van der Waals surface area (Å²) in [5.41, 5.74) is 0.872. The van der Waals surface area contributed by atoms with Crippen LogP contribution in [0.3, 0.4) is 0 Å². The molecule has 2 aliphatic rings. The van der Waals surface area contributed by atoms with E-state index in [1.807, 2.05) is 13.8 Å². The number of rotatable bonds is 7. The van der Waals surface area contributed by atoms with E-state index in [9.17, 15) is 9.59 Å². The highest BCUT2D eigenvalue weighted by Crippen LogP contribution is 2.39. The third-order valence-electron chi connectivity index (χ3n) is 6.19. The largest absolute Gasteiger partial charge is 0.495 e. The van der Waals surface area contributed by atoms with E-state index in [1.54, 1.807) is 18.2 Å². The van der Waals surface area contributed by atoms with Gasteiger partial charge in [-0.15, -0.1) is 0 Å². The molecular formula is C23H25ClN6O4. The maximum atomic E-state index is 12.8. The lowest BCUT2D eigenvalue weighted by atomic mass is 10.1. The first-order valence-corrected chi connectivity index (χ1v) is 11.6. The fourth-order valence-corrected chi connectivity index (χ4v) is 4.31. The van der Waals surface area contributed by atoms with Gasteiger partial charge in [0.25, 0.3) is 5.56 Å². The van der Waals surface area contributed by atoms with Gasteiger partial charge in [0.05, 0.1) is 29.7 Å². The van der Waals surface area contributed by atoms with Crippen LogP contribution in [0.2, 0.25) is 5.02 Å². The van der Waals surface area contributed by atoms with Gasteiger partial charge in [0.2, 0.25) is 11.9 Å². The van der Waals surface area contributed by atoms with Crippen LogP contribution >= 0.6 is 11.6 Å². The summed E-state index contributed by atoms with van der Waals surface area (Å²) in [7, 11) is 1.52. The SMILES string of the molecule is CC[C@H]1COC(=O)N1c1nc(N[C@@H](C)c2cc3cc(Cl)c(OC)cc3[nH]c2=O)nc(C2CC2)n1. The number of hydrogen-bond donors (Lipinski definition) is 2. The first-order chi connectivity index (χ1) is 16.4. The van der Waals surface area contributed by atoms with Crippen molar-refractivity contribution in [2.75, 3.05) is 23.9 Å². The van der Waals surface area contributed by atoms with Gasteiger partial charge in [-0.2, -0.15) is 15.0 Å². The van der Waals surface area contributed by atoms with Crippen LogP contribution in [0.25, 0.3) is 10.9 Å². The zero-order valence-corrected chi connectivity index (χ0v) is 19.8. The average Bonchev–Trinajstić information content (AvgIpc) is 3.60. The topological polar surface area (TPSA) is 122 Å². The number of amides is 1. The lowest BCUT2D eigenvalue weighted by Gasteiger charge is -2.20. The molecule has 11 heteroatoms. The Kier molecular flexibility index (Phi) is 5.76. The Hall–Kier alpha value is -3.40. The molecule has 3 aromatic rings. The minimum atomic E-state index is -0.461. The molecule has 10 nitrogen and oxygen atoms in total. The quantitative estimate of drug-likeness (QED) is 0.512. The molecule has 5 rings (SSSR count). The molecule has 3 heterocycles. The fourth-order valence-electron chi connectivity index (χ4n) is 4.06. The summed E-state index contributed by atoms with van der Waals surface area (Å²) in [6.45, 7) is 4.14. The minimum absolute atomic E-state index is 0.128. The van der Waals surface area contributed by atoms with Gasteiger partial charge < -0.3 is 19.8 Å². The zero-order valence-electron chi connectivity index (χ0n) is 19.1. The van der Waals surface area contributed by atoms with E-state index >= 15 is 0 Å². The number of carbonyl (C=O) groups is 1. The number of H-pyrrole nitrogens is 1. The lowest BCUT2D eigenvalue weighted by Crippen LogP contribution is -2.35. The molecule has 0 radical (unpaired) electrons. The number of cyclic esters (lactones) is 1. The highest BCUT2D eigenvalue weighted by molar-refractivity contribution is 6.32. The van der Waals surface area contributed by atoms with Gasteiger partial charge in [0.15, 0.2) is 0 Å². The molecule has 2 fully saturated rings. The predicted molar refractivity (Wildman–Crippen MR) is 128 cm³/mol. The molecule has 1 saturated heterocycles. The number of aromatic amines is 1. The average molecular weight is 485 g/mol. The Labute approximate surface area is 200 Å². The van der Waals surface area contributed by atoms with Crippen LogP contribution in [0.1, 0.15) is 56.5 Å². The van der Waals surface area contributed by atoms with Crippen LogP contribution in [-0.2, 0) is 4.74 Å². The number of benzene rings is 1. The molecule has 0 unspecified atom stereocenters. The van der Waals surface area contributed by atoms with Crippen molar-refractivity contribution in [1.82, 2.24) is 19.9 Å². The molecule has 1 aromatic carbocycles. The van der Waals surface area contributed by atoms with E-state index in [0.717, 1.165) is 24.6 Å². The van der Waals surface area contributed by atoms with Crippen molar-refractivity contribution in [1.29, 1.82) is 0 Å². The second kappa shape index (κ2) is 8.75. The van der Waals surface area contributed by atoms with Gasteiger partial charge in [0.1, 0.15) is 18.2 Å². The molecule has 0 spiro atoms. The van der Waals surface area contributed by atoms with Crippen molar-refractivity contribution in [3.63, 3.8) is 0 Å². The maximum Gasteiger partial charge on any atom is 0.417 e. The number of hydrogen-bond acceptors (Lipinski definition) is 8. The molecule has 1 aliphatic heterocycles. The normalized spacial score (nSPS) is 18.8. The van der Waals surface area contributed by atoms with Gasteiger partial charge in [0, 0.05) is 22.9 Å².